The number of benzene rings is 4. The highest BCUT2D eigenvalue weighted by molar-refractivity contribution is 14.1. The normalized spacial score (nSPS) is 11.9. The summed E-state index contributed by atoms with van der Waals surface area (Å²) >= 11 is 2.41. The van der Waals surface area contributed by atoms with Crippen LogP contribution < -0.4 is 9.47 Å². The van der Waals surface area contributed by atoms with Crippen molar-refractivity contribution >= 4 is 55.4 Å². The standard InChI is InChI=1S/C28H25IN2O2/c1-28(2,3)17-12-10-16(11-13-17)23-24-19(14-18(32-4)15-22(24)33-5)26-27(25(23)29)31-21-9-7-6-8-20(21)30-26/h6-15H,1-5H3. The Balaban J connectivity index is 1.95. The van der Waals surface area contributed by atoms with E-state index in [1.54, 1.807) is 14.2 Å². The molecule has 0 saturated carbocycles. The van der Waals surface area contributed by atoms with Crippen LogP contribution in [0.5, 0.6) is 11.5 Å². The fourth-order valence-corrected chi connectivity index (χ4v) is 5.25. The molecule has 0 aliphatic heterocycles. The third kappa shape index (κ3) is 3.68. The molecule has 33 heavy (non-hydrogen) atoms. The summed E-state index contributed by atoms with van der Waals surface area (Å²) in [4.78, 5) is 10.0. The quantitative estimate of drug-likeness (QED) is 0.133. The van der Waals surface area contributed by atoms with Crippen molar-refractivity contribution in [3.05, 3.63) is 69.8 Å². The molecule has 0 saturated heterocycles. The minimum Gasteiger partial charge on any atom is -0.497 e. The number of methoxy groups -OCH3 is 2. The van der Waals surface area contributed by atoms with Crippen molar-refractivity contribution in [1.29, 1.82) is 0 Å². The van der Waals surface area contributed by atoms with E-state index in [1.165, 1.54) is 5.56 Å². The first-order valence-corrected chi connectivity index (χ1v) is 11.9. The van der Waals surface area contributed by atoms with Gasteiger partial charge in [-0.25, -0.2) is 9.97 Å². The predicted octanol–water partition coefficient (Wildman–Crippen LogP) is 7.52. The van der Waals surface area contributed by atoms with Gasteiger partial charge in [0.25, 0.3) is 0 Å². The molecule has 166 valence electrons. The number of rotatable bonds is 3. The highest BCUT2D eigenvalue weighted by atomic mass is 127. The second kappa shape index (κ2) is 8.13. The van der Waals surface area contributed by atoms with Gasteiger partial charge in [0, 0.05) is 26.0 Å². The van der Waals surface area contributed by atoms with Crippen molar-refractivity contribution < 1.29 is 9.47 Å². The van der Waals surface area contributed by atoms with Crippen LogP contribution in [0.3, 0.4) is 0 Å². The van der Waals surface area contributed by atoms with E-state index in [1.807, 2.05) is 36.4 Å². The van der Waals surface area contributed by atoms with Crippen LogP contribution in [0.2, 0.25) is 0 Å². The van der Waals surface area contributed by atoms with Crippen LogP contribution in [0.4, 0.5) is 0 Å². The summed E-state index contributed by atoms with van der Waals surface area (Å²) in [6.45, 7) is 6.69. The molecule has 0 unspecified atom stereocenters. The number of fused-ring (bicyclic) bond motifs is 4. The second-order valence-electron chi connectivity index (χ2n) is 9.18. The number of aromatic nitrogens is 2. The van der Waals surface area contributed by atoms with Gasteiger partial charge in [0.1, 0.15) is 17.0 Å². The summed E-state index contributed by atoms with van der Waals surface area (Å²) in [5.74, 6) is 1.49. The molecule has 0 aliphatic rings. The minimum atomic E-state index is 0.0899. The third-order valence-corrected chi connectivity index (χ3v) is 7.12. The zero-order valence-electron chi connectivity index (χ0n) is 19.4. The number of hydrogen-bond acceptors (Lipinski definition) is 4. The van der Waals surface area contributed by atoms with E-state index in [0.717, 1.165) is 59.0 Å². The van der Waals surface area contributed by atoms with Gasteiger partial charge >= 0.3 is 0 Å². The van der Waals surface area contributed by atoms with Crippen molar-refractivity contribution in [3.8, 4) is 22.6 Å². The lowest BCUT2D eigenvalue weighted by Crippen LogP contribution is -2.10. The number of hydrogen-bond donors (Lipinski definition) is 0. The largest absolute Gasteiger partial charge is 0.497 e. The Labute approximate surface area is 207 Å². The van der Waals surface area contributed by atoms with Crippen LogP contribution >= 0.6 is 22.6 Å². The fraction of sp³-hybridized carbons (Fsp3) is 0.214. The number of ether oxygens (including phenoxy) is 2. The molecule has 0 fully saturated rings. The monoisotopic (exact) mass is 548 g/mol. The Kier molecular flexibility index (Phi) is 5.40. The average Bonchev–Trinajstić information content (AvgIpc) is 2.82. The molecule has 0 bridgehead atoms. The zero-order chi connectivity index (χ0) is 23.3. The lowest BCUT2D eigenvalue weighted by Gasteiger charge is -2.20. The van der Waals surface area contributed by atoms with Crippen LogP contribution in [0, 0.1) is 3.57 Å². The van der Waals surface area contributed by atoms with Gasteiger partial charge in [-0.05, 0) is 57.3 Å². The van der Waals surface area contributed by atoms with Crippen LogP contribution in [0.25, 0.3) is 44.0 Å². The molecule has 4 aromatic carbocycles. The summed E-state index contributed by atoms with van der Waals surface area (Å²) < 4.78 is 12.5. The van der Waals surface area contributed by atoms with Crippen molar-refractivity contribution in [2.45, 2.75) is 26.2 Å². The molecule has 1 heterocycles. The van der Waals surface area contributed by atoms with E-state index in [9.17, 15) is 0 Å². The molecule has 0 aliphatic carbocycles. The topological polar surface area (TPSA) is 44.2 Å². The number of para-hydroxylation sites is 2. The first-order chi connectivity index (χ1) is 15.8. The van der Waals surface area contributed by atoms with Gasteiger partial charge < -0.3 is 9.47 Å². The Hall–Kier alpha value is -2.93. The first kappa shape index (κ1) is 21.9. The smallest absolute Gasteiger partial charge is 0.131 e. The first-order valence-electron chi connectivity index (χ1n) is 10.9. The van der Waals surface area contributed by atoms with Crippen LogP contribution in [0.1, 0.15) is 26.3 Å². The summed E-state index contributed by atoms with van der Waals surface area (Å²) in [6, 6.07) is 20.8. The van der Waals surface area contributed by atoms with E-state index >= 15 is 0 Å². The zero-order valence-corrected chi connectivity index (χ0v) is 21.5. The van der Waals surface area contributed by atoms with E-state index in [4.69, 9.17) is 19.4 Å². The van der Waals surface area contributed by atoms with Gasteiger partial charge in [0.2, 0.25) is 0 Å². The average molecular weight is 548 g/mol. The Morgan fingerprint density at radius 1 is 0.788 bits per heavy atom. The van der Waals surface area contributed by atoms with E-state index in [0.29, 0.717) is 0 Å². The summed E-state index contributed by atoms with van der Waals surface area (Å²) in [7, 11) is 3.37. The van der Waals surface area contributed by atoms with Crippen molar-refractivity contribution in [3.63, 3.8) is 0 Å². The Morgan fingerprint density at radius 2 is 1.42 bits per heavy atom. The molecule has 0 atom stereocenters. The Morgan fingerprint density at radius 3 is 2.00 bits per heavy atom. The maximum absolute atomic E-state index is 5.87. The van der Waals surface area contributed by atoms with Gasteiger partial charge in [-0.2, -0.15) is 0 Å². The van der Waals surface area contributed by atoms with Crippen LogP contribution in [-0.2, 0) is 5.41 Å². The number of nitrogens with zero attached hydrogens (tertiary/aromatic N) is 2. The van der Waals surface area contributed by atoms with Crippen LogP contribution in [0.15, 0.2) is 60.7 Å². The molecule has 5 rings (SSSR count). The molecule has 0 radical (unpaired) electrons. The third-order valence-electron chi connectivity index (χ3n) is 6.07. The predicted molar refractivity (Wildman–Crippen MR) is 145 cm³/mol. The summed E-state index contributed by atoms with van der Waals surface area (Å²) in [5.41, 5.74) is 7.09. The summed E-state index contributed by atoms with van der Waals surface area (Å²) in [5, 5.41) is 1.98. The van der Waals surface area contributed by atoms with Gasteiger partial charge in [-0.1, -0.05) is 57.2 Å². The molecule has 0 N–H and O–H groups in total. The Bertz CT molecular complexity index is 1520. The van der Waals surface area contributed by atoms with Crippen molar-refractivity contribution in [2.24, 2.45) is 0 Å². The second-order valence-corrected chi connectivity index (χ2v) is 10.3. The van der Waals surface area contributed by atoms with Gasteiger partial charge in [-0.15, -0.1) is 0 Å². The molecule has 0 amide bonds. The van der Waals surface area contributed by atoms with Crippen LogP contribution in [-0.4, -0.2) is 24.2 Å². The van der Waals surface area contributed by atoms with Gasteiger partial charge in [0.05, 0.1) is 30.8 Å². The van der Waals surface area contributed by atoms with E-state index < -0.39 is 0 Å². The molecule has 5 aromatic rings. The summed E-state index contributed by atoms with van der Waals surface area (Å²) in [6.07, 6.45) is 0. The molecule has 5 heteroatoms. The molecule has 0 spiro atoms. The maximum Gasteiger partial charge on any atom is 0.131 e. The highest BCUT2D eigenvalue weighted by Crippen LogP contribution is 2.45. The molecule has 1 aromatic heterocycles. The lowest BCUT2D eigenvalue weighted by molar-refractivity contribution is 0.398. The van der Waals surface area contributed by atoms with E-state index in [2.05, 4.69) is 67.6 Å². The van der Waals surface area contributed by atoms with Crippen molar-refractivity contribution in [2.75, 3.05) is 14.2 Å². The van der Waals surface area contributed by atoms with Crippen molar-refractivity contribution in [1.82, 2.24) is 9.97 Å². The molecule has 4 nitrogen and oxygen atoms in total. The molecular formula is C28H25IN2O2. The maximum atomic E-state index is 5.87. The fourth-order valence-electron chi connectivity index (χ4n) is 4.29. The minimum absolute atomic E-state index is 0.0899. The van der Waals surface area contributed by atoms with E-state index in [-0.39, 0.29) is 5.41 Å². The van der Waals surface area contributed by atoms with Gasteiger partial charge in [0.15, 0.2) is 0 Å². The lowest BCUT2D eigenvalue weighted by atomic mass is 9.85. The molecular weight excluding hydrogens is 523 g/mol. The highest BCUT2D eigenvalue weighted by Gasteiger charge is 2.22. The number of halogens is 1. The van der Waals surface area contributed by atoms with Gasteiger partial charge in [-0.3, -0.25) is 0 Å². The SMILES string of the molecule is COc1cc(OC)c2c(-c3ccc(C(C)(C)C)cc3)c(I)c3nc4ccccc4nc3c2c1.